The van der Waals surface area contributed by atoms with E-state index in [4.69, 9.17) is 4.74 Å². The number of aromatic nitrogens is 2. The molecule has 0 amide bonds. The minimum Gasteiger partial charge on any atom is -0.456 e. The number of esters is 1. The molecule has 4 aromatic rings. The van der Waals surface area contributed by atoms with E-state index in [2.05, 4.69) is 5.10 Å². The molecule has 0 N–H and O–H groups in total. The lowest BCUT2D eigenvalue weighted by Crippen LogP contribution is -2.28. The van der Waals surface area contributed by atoms with Gasteiger partial charge in [-0.3, -0.25) is 4.79 Å². The highest BCUT2D eigenvalue weighted by Crippen LogP contribution is 2.26. The number of hydrogen-bond donors (Lipinski definition) is 0. The van der Waals surface area contributed by atoms with Gasteiger partial charge in [-0.05, 0) is 28.8 Å². The van der Waals surface area contributed by atoms with E-state index in [1.54, 1.807) is 35.6 Å². The van der Waals surface area contributed by atoms with Crippen molar-refractivity contribution >= 4 is 38.2 Å². The molecule has 28 heavy (non-hydrogen) atoms. The molecular formula is C22H20N2O3S. The molecule has 0 aliphatic heterocycles. The zero-order valence-corrected chi connectivity index (χ0v) is 16.5. The lowest BCUT2D eigenvalue weighted by Gasteiger charge is -2.12. The Kier molecular flexibility index (Phi) is 4.96. The second-order valence-corrected chi connectivity index (χ2v) is 8.02. The summed E-state index contributed by atoms with van der Waals surface area (Å²) < 4.78 is 8.10. The number of rotatable bonds is 5. The van der Waals surface area contributed by atoms with Crippen LogP contribution < -0.4 is 5.56 Å². The Morgan fingerprint density at radius 1 is 1.07 bits per heavy atom. The molecule has 0 bridgehead atoms. The van der Waals surface area contributed by atoms with Crippen molar-refractivity contribution in [2.75, 3.05) is 0 Å². The van der Waals surface area contributed by atoms with Gasteiger partial charge in [0.05, 0.1) is 5.39 Å². The van der Waals surface area contributed by atoms with Crippen molar-refractivity contribution in [3.05, 3.63) is 75.5 Å². The van der Waals surface area contributed by atoms with Gasteiger partial charge in [-0.15, -0.1) is 11.3 Å². The molecule has 0 saturated carbocycles. The van der Waals surface area contributed by atoms with Crippen molar-refractivity contribution in [3.8, 4) is 0 Å². The molecule has 0 aliphatic carbocycles. The SMILES string of the molecule is CC(C)Cn1nc(C(=O)OCc2csc3ccccc23)c2ccccc2c1=O. The van der Waals surface area contributed by atoms with E-state index in [9.17, 15) is 9.59 Å². The van der Waals surface area contributed by atoms with Gasteiger partial charge in [-0.25, -0.2) is 9.48 Å². The number of carbonyl (C=O) groups excluding carboxylic acids is 1. The molecule has 2 heterocycles. The average molecular weight is 392 g/mol. The van der Waals surface area contributed by atoms with E-state index < -0.39 is 5.97 Å². The minimum absolute atomic E-state index is 0.169. The lowest BCUT2D eigenvalue weighted by atomic mass is 10.1. The van der Waals surface area contributed by atoms with Crippen LogP contribution in [-0.2, 0) is 17.9 Å². The molecule has 2 aromatic carbocycles. The number of hydrogen-bond acceptors (Lipinski definition) is 5. The van der Waals surface area contributed by atoms with Gasteiger partial charge < -0.3 is 4.74 Å². The Hall–Kier alpha value is -2.99. The fraction of sp³-hybridized carbons (Fsp3) is 0.227. The van der Waals surface area contributed by atoms with Crippen molar-refractivity contribution < 1.29 is 9.53 Å². The first-order chi connectivity index (χ1) is 13.5. The predicted molar refractivity (Wildman–Crippen MR) is 112 cm³/mol. The number of benzene rings is 2. The molecule has 6 heteroatoms. The normalized spacial score (nSPS) is 11.4. The number of ether oxygens (including phenoxy) is 1. The summed E-state index contributed by atoms with van der Waals surface area (Å²) in [4.78, 5) is 25.5. The molecule has 2 aromatic heterocycles. The maximum Gasteiger partial charge on any atom is 0.359 e. The zero-order valence-electron chi connectivity index (χ0n) is 15.7. The smallest absolute Gasteiger partial charge is 0.359 e. The number of nitrogens with zero attached hydrogens (tertiary/aromatic N) is 2. The second-order valence-electron chi connectivity index (χ2n) is 7.11. The van der Waals surface area contributed by atoms with E-state index >= 15 is 0 Å². The summed E-state index contributed by atoms with van der Waals surface area (Å²) in [6, 6.07) is 15.1. The van der Waals surface area contributed by atoms with E-state index in [0.29, 0.717) is 17.3 Å². The Balaban J connectivity index is 1.68. The predicted octanol–water partition coefficient (Wildman–Crippen LogP) is 4.62. The summed E-state index contributed by atoms with van der Waals surface area (Å²) in [6.07, 6.45) is 0. The molecular weight excluding hydrogens is 372 g/mol. The van der Waals surface area contributed by atoms with Crippen LogP contribution >= 0.6 is 11.3 Å². The summed E-state index contributed by atoms with van der Waals surface area (Å²) in [5, 5.41) is 8.42. The molecule has 0 aliphatic rings. The highest BCUT2D eigenvalue weighted by Gasteiger charge is 2.19. The van der Waals surface area contributed by atoms with Crippen molar-refractivity contribution in [2.24, 2.45) is 5.92 Å². The van der Waals surface area contributed by atoms with Crippen LogP contribution in [0.2, 0.25) is 0 Å². The molecule has 0 fully saturated rings. The van der Waals surface area contributed by atoms with Crippen molar-refractivity contribution in [1.82, 2.24) is 9.78 Å². The number of fused-ring (bicyclic) bond motifs is 2. The van der Waals surface area contributed by atoms with Gasteiger partial charge in [-0.2, -0.15) is 5.10 Å². The Morgan fingerprint density at radius 2 is 1.75 bits per heavy atom. The van der Waals surface area contributed by atoms with Crippen molar-refractivity contribution in [1.29, 1.82) is 0 Å². The first-order valence-electron chi connectivity index (χ1n) is 9.16. The fourth-order valence-corrected chi connectivity index (χ4v) is 4.16. The van der Waals surface area contributed by atoms with Crippen LogP contribution in [-0.4, -0.2) is 15.7 Å². The maximum atomic E-state index is 12.8. The highest BCUT2D eigenvalue weighted by molar-refractivity contribution is 7.17. The van der Waals surface area contributed by atoms with Crippen molar-refractivity contribution in [2.45, 2.75) is 27.0 Å². The first kappa shape index (κ1) is 18.4. The standard InChI is InChI=1S/C22H20N2O3S/c1-14(2)11-24-21(25)18-9-4-3-8-17(18)20(23-24)22(26)27-12-15-13-28-19-10-6-5-7-16(15)19/h3-10,13-14H,11-12H2,1-2H3. The summed E-state index contributed by atoms with van der Waals surface area (Å²) in [7, 11) is 0. The molecule has 0 radical (unpaired) electrons. The molecule has 0 saturated heterocycles. The number of carbonyl (C=O) groups is 1. The summed E-state index contributed by atoms with van der Waals surface area (Å²) in [5.41, 5.74) is 0.953. The van der Waals surface area contributed by atoms with Gasteiger partial charge in [0.1, 0.15) is 6.61 Å². The van der Waals surface area contributed by atoms with E-state index in [-0.39, 0.29) is 23.8 Å². The molecule has 0 spiro atoms. The highest BCUT2D eigenvalue weighted by atomic mass is 32.1. The molecule has 4 rings (SSSR count). The van der Waals surface area contributed by atoms with Gasteiger partial charge in [0, 0.05) is 22.2 Å². The topological polar surface area (TPSA) is 61.2 Å². The second kappa shape index (κ2) is 7.56. The monoisotopic (exact) mass is 392 g/mol. The Morgan fingerprint density at radius 3 is 2.50 bits per heavy atom. The van der Waals surface area contributed by atoms with E-state index in [1.165, 1.54) is 4.68 Å². The maximum absolute atomic E-state index is 12.8. The molecule has 0 atom stereocenters. The van der Waals surface area contributed by atoms with Gasteiger partial charge in [-0.1, -0.05) is 50.2 Å². The quantitative estimate of drug-likeness (QED) is 0.465. The summed E-state index contributed by atoms with van der Waals surface area (Å²) in [5.74, 6) is -0.295. The molecule has 5 nitrogen and oxygen atoms in total. The number of thiophene rings is 1. The van der Waals surface area contributed by atoms with Gasteiger partial charge in [0.25, 0.3) is 5.56 Å². The van der Waals surface area contributed by atoms with Crippen LogP contribution in [0, 0.1) is 5.92 Å². The minimum atomic E-state index is -0.524. The van der Waals surface area contributed by atoms with Crippen LogP contribution in [0.5, 0.6) is 0 Å². The van der Waals surface area contributed by atoms with E-state index in [1.807, 2.05) is 43.5 Å². The lowest BCUT2D eigenvalue weighted by molar-refractivity contribution is 0.0467. The van der Waals surface area contributed by atoms with E-state index in [0.717, 1.165) is 15.6 Å². The third-order valence-electron chi connectivity index (χ3n) is 4.52. The van der Waals surface area contributed by atoms with Gasteiger partial charge >= 0.3 is 5.97 Å². The average Bonchev–Trinajstić information content (AvgIpc) is 3.11. The largest absolute Gasteiger partial charge is 0.456 e. The Labute approximate surface area is 166 Å². The van der Waals surface area contributed by atoms with Crippen molar-refractivity contribution in [3.63, 3.8) is 0 Å². The van der Waals surface area contributed by atoms with Crippen LogP contribution in [0.1, 0.15) is 29.9 Å². The first-order valence-corrected chi connectivity index (χ1v) is 10.0. The third-order valence-corrected chi connectivity index (χ3v) is 5.53. The summed E-state index contributed by atoms with van der Waals surface area (Å²) >= 11 is 1.62. The van der Waals surface area contributed by atoms with Crippen LogP contribution in [0.4, 0.5) is 0 Å². The molecule has 142 valence electrons. The fourth-order valence-electron chi connectivity index (χ4n) is 3.21. The van der Waals surface area contributed by atoms with Crippen LogP contribution in [0.3, 0.4) is 0 Å². The van der Waals surface area contributed by atoms with Crippen LogP contribution in [0.15, 0.2) is 58.7 Å². The van der Waals surface area contributed by atoms with Gasteiger partial charge in [0.15, 0.2) is 5.69 Å². The Bertz CT molecular complexity index is 1220. The van der Waals surface area contributed by atoms with Crippen LogP contribution in [0.25, 0.3) is 20.9 Å². The zero-order chi connectivity index (χ0) is 19.7. The van der Waals surface area contributed by atoms with Gasteiger partial charge in [0.2, 0.25) is 0 Å². The molecule has 0 unspecified atom stereocenters. The third kappa shape index (κ3) is 3.43. The summed E-state index contributed by atoms with van der Waals surface area (Å²) in [6.45, 7) is 4.62.